The molecule has 33 heavy (non-hydrogen) atoms. The Morgan fingerprint density at radius 1 is 1.33 bits per heavy atom. The van der Waals surface area contributed by atoms with Crippen LogP contribution in [-0.4, -0.2) is 75.6 Å². The van der Waals surface area contributed by atoms with Crippen molar-refractivity contribution < 1.29 is 19.4 Å². The zero-order valence-electron chi connectivity index (χ0n) is 19.5. The van der Waals surface area contributed by atoms with Gasteiger partial charge in [-0.25, -0.2) is 4.98 Å². The number of aliphatic hydroxyl groups excluding tert-OH is 1. The molecule has 8 heteroatoms. The van der Waals surface area contributed by atoms with Crippen molar-refractivity contribution >= 4 is 11.8 Å². The summed E-state index contributed by atoms with van der Waals surface area (Å²) < 4.78 is 6.29. The van der Waals surface area contributed by atoms with E-state index in [1.807, 2.05) is 33.0 Å². The molecular weight excluding hydrogens is 420 g/mol. The van der Waals surface area contributed by atoms with E-state index in [2.05, 4.69) is 9.97 Å². The fourth-order valence-electron chi connectivity index (χ4n) is 4.34. The summed E-state index contributed by atoms with van der Waals surface area (Å²) >= 11 is 0. The molecular formula is C25H32N4O4. The third kappa shape index (κ3) is 4.85. The molecule has 1 saturated carbocycles. The number of hydrogen-bond acceptors (Lipinski definition) is 6. The monoisotopic (exact) mass is 452 g/mol. The molecule has 2 aromatic rings. The molecule has 1 aliphatic carbocycles. The summed E-state index contributed by atoms with van der Waals surface area (Å²) in [5, 5.41) is 9.81. The number of nitrogens with zero attached hydrogens (tertiary/aromatic N) is 4. The molecule has 2 aliphatic rings. The highest BCUT2D eigenvalue weighted by molar-refractivity contribution is 5.98. The molecule has 1 fully saturated rings. The summed E-state index contributed by atoms with van der Waals surface area (Å²) in [5.41, 5.74) is 1.96. The number of likely N-dealkylation sites (N-methyl/N-ethyl adjacent to an activating group) is 1. The van der Waals surface area contributed by atoms with Crippen molar-refractivity contribution in [3.05, 3.63) is 42.4 Å². The van der Waals surface area contributed by atoms with Crippen LogP contribution >= 0.6 is 0 Å². The lowest BCUT2D eigenvalue weighted by Crippen LogP contribution is -2.51. The first-order valence-corrected chi connectivity index (χ1v) is 11.6. The normalized spacial score (nSPS) is 21.8. The number of amides is 2. The van der Waals surface area contributed by atoms with Crippen LogP contribution in [0.25, 0.3) is 11.1 Å². The van der Waals surface area contributed by atoms with Crippen LogP contribution in [0.4, 0.5) is 0 Å². The largest absolute Gasteiger partial charge is 0.472 e. The standard InChI is InChI=1S/C25H32N4O4/c1-16-13-29(17(2)15-30)25(32)21-10-20(19-8-5-9-26-11-19)12-27-23(21)33-22(16)14-28(3)24(31)18-6-4-7-18/h5,8-12,16-18,22,30H,4,6-7,13-15H2,1-3H3/t16-,17+,22-/m0/s1. The Labute approximate surface area is 194 Å². The van der Waals surface area contributed by atoms with E-state index < -0.39 is 0 Å². The summed E-state index contributed by atoms with van der Waals surface area (Å²) in [7, 11) is 1.81. The first-order chi connectivity index (χ1) is 15.9. The number of fused-ring (bicyclic) bond motifs is 1. The zero-order valence-corrected chi connectivity index (χ0v) is 19.5. The van der Waals surface area contributed by atoms with Gasteiger partial charge in [-0.05, 0) is 31.9 Å². The number of aliphatic hydroxyl groups is 1. The Kier molecular flexibility index (Phi) is 6.93. The smallest absolute Gasteiger partial charge is 0.259 e. The van der Waals surface area contributed by atoms with E-state index in [1.54, 1.807) is 34.5 Å². The van der Waals surface area contributed by atoms with Gasteiger partial charge in [0.15, 0.2) is 0 Å². The van der Waals surface area contributed by atoms with Gasteiger partial charge in [0.1, 0.15) is 11.7 Å². The third-order valence-electron chi connectivity index (χ3n) is 6.80. The molecule has 4 rings (SSSR count). The molecule has 0 bridgehead atoms. The van der Waals surface area contributed by atoms with Gasteiger partial charge in [0.25, 0.3) is 5.91 Å². The van der Waals surface area contributed by atoms with E-state index in [-0.39, 0.29) is 48.3 Å². The second-order valence-electron chi connectivity index (χ2n) is 9.29. The molecule has 3 heterocycles. The van der Waals surface area contributed by atoms with Gasteiger partial charge in [-0.3, -0.25) is 14.6 Å². The van der Waals surface area contributed by atoms with Gasteiger partial charge in [-0.1, -0.05) is 19.4 Å². The summed E-state index contributed by atoms with van der Waals surface area (Å²) in [6.07, 6.45) is 7.75. The fourth-order valence-corrected chi connectivity index (χ4v) is 4.34. The number of aromatic nitrogens is 2. The Morgan fingerprint density at radius 3 is 2.76 bits per heavy atom. The zero-order chi connectivity index (χ0) is 23.5. The van der Waals surface area contributed by atoms with Crippen molar-refractivity contribution in [3.63, 3.8) is 0 Å². The minimum atomic E-state index is -0.358. The lowest BCUT2D eigenvalue weighted by atomic mass is 9.84. The minimum absolute atomic E-state index is 0.0625. The SMILES string of the molecule is C[C@H](CO)N1C[C@H](C)[C@H](CN(C)C(=O)C2CCC2)Oc2ncc(-c3cccnc3)cc2C1=O. The number of ether oxygens (including phenoxy) is 1. The molecule has 0 aromatic carbocycles. The summed E-state index contributed by atoms with van der Waals surface area (Å²) in [5.74, 6) is 0.222. The van der Waals surface area contributed by atoms with Gasteiger partial charge in [-0.15, -0.1) is 0 Å². The maximum atomic E-state index is 13.5. The first-order valence-electron chi connectivity index (χ1n) is 11.6. The van der Waals surface area contributed by atoms with Crippen molar-refractivity contribution in [2.45, 2.75) is 45.3 Å². The highest BCUT2D eigenvalue weighted by Gasteiger charge is 2.36. The highest BCUT2D eigenvalue weighted by Crippen LogP contribution is 2.31. The lowest BCUT2D eigenvalue weighted by Gasteiger charge is -2.38. The van der Waals surface area contributed by atoms with Crippen LogP contribution in [-0.2, 0) is 4.79 Å². The number of hydrogen-bond donors (Lipinski definition) is 1. The molecule has 1 N–H and O–H groups in total. The first kappa shape index (κ1) is 23.2. The number of carbonyl (C=O) groups excluding carboxylic acids is 2. The van der Waals surface area contributed by atoms with Crippen LogP contribution in [0.1, 0.15) is 43.5 Å². The van der Waals surface area contributed by atoms with E-state index in [0.29, 0.717) is 18.7 Å². The van der Waals surface area contributed by atoms with E-state index in [9.17, 15) is 14.7 Å². The second-order valence-corrected chi connectivity index (χ2v) is 9.29. The quantitative estimate of drug-likeness (QED) is 0.724. The van der Waals surface area contributed by atoms with Crippen LogP contribution in [0.3, 0.4) is 0 Å². The lowest BCUT2D eigenvalue weighted by molar-refractivity contribution is -0.138. The van der Waals surface area contributed by atoms with Gasteiger partial charge in [0, 0.05) is 55.1 Å². The average Bonchev–Trinajstić information content (AvgIpc) is 2.79. The number of carbonyl (C=O) groups is 2. The van der Waals surface area contributed by atoms with Crippen molar-refractivity contribution in [3.8, 4) is 17.0 Å². The van der Waals surface area contributed by atoms with Crippen LogP contribution in [0.2, 0.25) is 0 Å². The van der Waals surface area contributed by atoms with Gasteiger partial charge in [0.2, 0.25) is 11.8 Å². The molecule has 0 unspecified atom stereocenters. The minimum Gasteiger partial charge on any atom is -0.472 e. The van der Waals surface area contributed by atoms with E-state index >= 15 is 0 Å². The average molecular weight is 453 g/mol. The molecule has 0 saturated heterocycles. The van der Waals surface area contributed by atoms with E-state index in [0.717, 1.165) is 30.4 Å². The van der Waals surface area contributed by atoms with E-state index in [4.69, 9.17) is 4.74 Å². The Balaban J connectivity index is 1.67. The van der Waals surface area contributed by atoms with Crippen LogP contribution in [0.5, 0.6) is 5.88 Å². The highest BCUT2D eigenvalue weighted by atomic mass is 16.5. The van der Waals surface area contributed by atoms with Crippen LogP contribution < -0.4 is 4.74 Å². The van der Waals surface area contributed by atoms with E-state index in [1.165, 1.54) is 0 Å². The topological polar surface area (TPSA) is 95.9 Å². The Morgan fingerprint density at radius 2 is 2.12 bits per heavy atom. The summed E-state index contributed by atoms with van der Waals surface area (Å²) in [4.78, 5) is 38.3. The molecule has 0 radical (unpaired) electrons. The van der Waals surface area contributed by atoms with Crippen LogP contribution in [0, 0.1) is 11.8 Å². The summed E-state index contributed by atoms with van der Waals surface area (Å²) in [6, 6.07) is 5.15. The molecule has 8 nitrogen and oxygen atoms in total. The molecule has 0 spiro atoms. The van der Waals surface area contributed by atoms with Crippen LogP contribution in [0.15, 0.2) is 36.8 Å². The predicted molar refractivity (Wildman–Crippen MR) is 124 cm³/mol. The Bertz CT molecular complexity index is 995. The molecule has 2 amide bonds. The van der Waals surface area contributed by atoms with Crippen molar-refractivity contribution in [2.75, 3.05) is 26.7 Å². The Hall–Kier alpha value is -3.00. The maximum absolute atomic E-state index is 13.5. The second kappa shape index (κ2) is 9.87. The van der Waals surface area contributed by atoms with Crippen molar-refractivity contribution in [1.29, 1.82) is 0 Å². The van der Waals surface area contributed by atoms with Gasteiger partial charge in [-0.2, -0.15) is 0 Å². The van der Waals surface area contributed by atoms with Gasteiger partial charge < -0.3 is 19.6 Å². The molecule has 3 atom stereocenters. The third-order valence-corrected chi connectivity index (χ3v) is 6.80. The van der Waals surface area contributed by atoms with Crippen molar-refractivity contribution in [1.82, 2.24) is 19.8 Å². The number of rotatable bonds is 6. The van der Waals surface area contributed by atoms with Gasteiger partial charge >= 0.3 is 0 Å². The summed E-state index contributed by atoms with van der Waals surface area (Å²) in [6.45, 7) is 4.51. The van der Waals surface area contributed by atoms with Crippen molar-refractivity contribution in [2.24, 2.45) is 11.8 Å². The van der Waals surface area contributed by atoms with Gasteiger partial charge in [0.05, 0.1) is 19.2 Å². The fraction of sp³-hybridized carbons (Fsp3) is 0.520. The predicted octanol–water partition coefficient (Wildman–Crippen LogP) is 2.62. The maximum Gasteiger partial charge on any atom is 0.259 e. The molecule has 2 aromatic heterocycles. The molecule has 1 aliphatic heterocycles. The molecule has 176 valence electrons. The number of pyridine rings is 2.